The molecule has 0 saturated heterocycles. The Morgan fingerprint density at radius 3 is 1.82 bits per heavy atom. The number of carbonyl (C=O) groups is 1. The van der Waals surface area contributed by atoms with Gasteiger partial charge in [0.05, 0.1) is 26.9 Å². The lowest BCUT2D eigenvalue weighted by Crippen LogP contribution is -2.02. The number of nitro groups is 3. The first-order chi connectivity index (χ1) is 10.4. The zero-order chi connectivity index (χ0) is 16.7. The van der Waals surface area contributed by atoms with Crippen LogP contribution >= 0.6 is 0 Å². The molecule has 0 aliphatic carbocycles. The molecule has 0 unspecified atom stereocenters. The second-order valence-corrected chi connectivity index (χ2v) is 3.65. The smallest absolute Gasteiger partial charge is 0.306 e. The van der Waals surface area contributed by atoms with Gasteiger partial charge in [-0.25, -0.2) is 0 Å². The van der Waals surface area contributed by atoms with Crippen LogP contribution in [0.2, 0.25) is 0 Å². The van der Waals surface area contributed by atoms with Crippen LogP contribution in [0, 0.1) is 30.3 Å². The molecule has 0 amide bonds. The SMILES string of the molecule is O=CC=CC=CNc1c([N+](=O)[O-])cc([N+](=O)[O-])cc1[N+](=O)[O-]. The minimum absolute atomic E-state index is 0.487. The first-order valence-electron chi connectivity index (χ1n) is 5.53. The summed E-state index contributed by atoms with van der Waals surface area (Å²) in [5, 5.41) is 34.9. The highest BCUT2D eigenvalue weighted by Crippen LogP contribution is 2.38. The summed E-state index contributed by atoms with van der Waals surface area (Å²) in [5.74, 6) is 0. The van der Waals surface area contributed by atoms with Crippen LogP contribution in [0.1, 0.15) is 0 Å². The van der Waals surface area contributed by atoms with E-state index in [1.54, 1.807) is 0 Å². The average molecular weight is 308 g/mol. The van der Waals surface area contributed by atoms with E-state index in [9.17, 15) is 35.1 Å². The van der Waals surface area contributed by atoms with E-state index in [0.717, 1.165) is 12.3 Å². The molecule has 0 spiro atoms. The standard InChI is InChI=1S/C11H8N4O7/c16-5-3-1-2-4-12-11-9(14(19)20)6-8(13(17)18)7-10(11)15(21)22/h1-7,12H. The molecule has 114 valence electrons. The van der Waals surface area contributed by atoms with Gasteiger partial charge in [-0.1, -0.05) is 6.08 Å². The van der Waals surface area contributed by atoms with Gasteiger partial charge >= 0.3 is 11.4 Å². The van der Waals surface area contributed by atoms with Gasteiger partial charge in [0.1, 0.15) is 6.29 Å². The quantitative estimate of drug-likeness (QED) is 0.263. The zero-order valence-electron chi connectivity index (χ0n) is 10.7. The number of non-ortho nitro benzene ring substituents is 1. The minimum Gasteiger partial charge on any atom is -0.350 e. The lowest BCUT2D eigenvalue weighted by molar-refractivity contribution is -0.401. The van der Waals surface area contributed by atoms with Gasteiger partial charge in [-0.05, 0) is 12.2 Å². The summed E-state index contributed by atoms with van der Waals surface area (Å²) >= 11 is 0. The maximum atomic E-state index is 10.9. The molecular weight excluding hydrogens is 300 g/mol. The van der Waals surface area contributed by atoms with Crippen molar-refractivity contribution < 1.29 is 19.6 Å². The van der Waals surface area contributed by atoms with Crippen LogP contribution in [-0.4, -0.2) is 21.1 Å². The first kappa shape index (κ1) is 16.4. The molecule has 1 aromatic carbocycles. The molecule has 11 heteroatoms. The van der Waals surface area contributed by atoms with Crippen molar-refractivity contribution in [1.29, 1.82) is 0 Å². The fourth-order valence-electron chi connectivity index (χ4n) is 1.44. The van der Waals surface area contributed by atoms with Crippen molar-refractivity contribution in [2.24, 2.45) is 0 Å². The Morgan fingerprint density at radius 2 is 1.41 bits per heavy atom. The summed E-state index contributed by atoms with van der Waals surface area (Å²) in [6.45, 7) is 0. The highest BCUT2D eigenvalue weighted by molar-refractivity contribution is 5.78. The first-order valence-corrected chi connectivity index (χ1v) is 5.53. The number of benzene rings is 1. The van der Waals surface area contributed by atoms with Gasteiger partial charge in [-0.3, -0.25) is 35.1 Å². The average Bonchev–Trinajstić information content (AvgIpc) is 2.45. The molecule has 0 atom stereocenters. The highest BCUT2D eigenvalue weighted by atomic mass is 16.6. The predicted molar refractivity (Wildman–Crippen MR) is 74.4 cm³/mol. The zero-order valence-corrected chi connectivity index (χ0v) is 10.7. The van der Waals surface area contributed by atoms with E-state index in [-0.39, 0.29) is 0 Å². The monoisotopic (exact) mass is 308 g/mol. The summed E-state index contributed by atoms with van der Waals surface area (Å²) < 4.78 is 0. The molecule has 1 aromatic rings. The van der Waals surface area contributed by atoms with Crippen molar-refractivity contribution in [3.63, 3.8) is 0 Å². The van der Waals surface area contributed by atoms with Crippen LogP contribution in [0.15, 0.2) is 36.6 Å². The molecule has 0 heterocycles. The Morgan fingerprint density at radius 1 is 0.864 bits per heavy atom. The highest BCUT2D eigenvalue weighted by Gasteiger charge is 2.29. The van der Waals surface area contributed by atoms with Gasteiger partial charge in [0.15, 0.2) is 5.69 Å². The molecule has 0 bridgehead atoms. The lowest BCUT2D eigenvalue weighted by Gasteiger charge is -2.03. The third-order valence-corrected chi connectivity index (χ3v) is 2.31. The maximum absolute atomic E-state index is 10.9. The van der Waals surface area contributed by atoms with Gasteiger partial charge in [-0.15, -0.1) is 0 Å². The van der Waals surface area contributed by atoms with E-state index in [1.165, 1.54) is 12.2 Å². The van der Waals surface area contributed by atoms with E-state index in [2.05, 4.69) is 5.32 Å². The number of hydrogen-bond acceptors (Lipinski definition) is 8. The number of anilines is 1. The van der Waals surface area contributed by atoms with Crippen LogP contribution in [0.3, 0.4) is 0 Å². The van der Waals surface area contributed by atoms with Crippen molar-refractivity contribution in [2.45, 2.75) is 0 Å². The number of aldehydes is 1. The van der Waals surface area contributed by atoms with E-state index in [1.807, 2.05) is 0 Å². The van der Waals surface area contributed by atoms with Crippen LogP contribution < -0.4 is 5.32 Å². The second-order valence-electron chi connectivity index (χ2n) is 3.65. The van der Waals surface area contributed by atoms with Crippen molar-refractivity contribution in [3.05, 3.63) is 66.9 Å². The Balaban J connectivity index is 3.38. The van der Waals surface area contributed by atoms with Crippen LogP contribution in [0.5, 0.6) is 0 Å². The summed E-state index contributed by atoms with van der Waals surface area (Å²) in [6.07, 6.45) is 5.27. The Labute approximate surface area is 122 Å². The van der Waals surface area contributed by atoms with Crippen LogP contribution in [0.4, 0.5) is 22.7 Å². The van der Waals surface area contributed by atoms with E-state index < -0.39 is 37.5 Å². The maximum Gasteiger partial charge on any atom is 0.306 e. The topological polar surface area (TPSA) is 159 Å². The fourth-order valence-corrected chi connectivity index (χ4v) is 1.44. The molecule has 1 N–H and O–H groups in total. The van der Waals surface area contributed by atoms with E-state index >= 15 is 0 Å². The van der Waals surface area contributed by atoms with Crippen molar-refractivity contribution in [2.75, 3.05) is 5.32 Å². The molecule has 0 aliphatic heterocycles. The van der Waals surface area contributed by atoms with E-state index in [0.29, 0.717) is 18.4 Å². The molecule has 0 fully saturated rings. The predicted octanol–water partition coefficient (Wildman–Crippen LogP) is 2.09. The third kappa shape index (κ3) is 3.93. The van der Waals surface area contributed by atoms with Gasteiger partial charge in [0, 0.05) is 6.20 Å². The largest absolute Gasteiger partial charge is 0.350 e. The van der Waals surface area contributed by atoms with Crippen molar-refractivity contribution in [3.8, 4) is 0 Å². The number of nitro benzene ring substituents is 3. The molecule has 1 rings (SSSR count). The van der Waals surface area contributed by atoms with Crippen molar-refractivity contribution in [1.82, 2.24) is 0 Å². The number of nitrogens with zero attached hydrogens (tertiary/aromatic N) is 3. The normalized spacial score (nSPS) is 10.7. The van der Waals surface area contributed by atoms with Crippen molar-refractivity contribution >= 4 is 29.0 Å². The van der Waals surface area contributed by atoms with Crippen LogP contribution in [0.25, 0.3) is 0 Å². The summed E-state index contributed by atoms with van der Waals surface area (Å²) in [6, 6.07) is 1.23. The van der Waals surface area contributed by atoms with Gasteiger partial charge in [-0.2, -0.15) is 0 Å². The fraction of sp³-hybridized carbons (Fsp3) is 0. The van der Waals surface area contributed by atoms with Gasteiger partial charge in [0.25, 0.3) is 5.69 Å². The molecule has 0 aliphatic rings. The Bertz CT molecular complexity index is 661. The second kappa shape index (κ2) is 7.23. The molecule has 0 saturated carbocycles. The molecule has 0 radical (unpaired) electrons. The molecule has 0 aromatic heterocycles. The summed E-state index contributed by atoms with van der Waals surface area (Å²) in [5.41, 5.74) is -2.90. The van der Waals surface area contributed by atoms with Gasteiger partial charge in [0.2, 0.25) is 0 Å². The minimum atomic E-state index is -0.975. The summed E-state index contributed by atoms with van der Waals surface area (Å²) in [4.78, 5) is 39.7. The van der Waals surface area contributed by atoms with Gasteiger partial charge < -0.3 is 5.32 Å². The number of nitrogens with one attached hydrogen (secondary N) is 1. The lowest BCUT2D eigenvalue weighted by atomic mass is 10.2. The Kier molecular flexibility index (Phi) is 5.40. The number of allylic oxidation sites excluding steroid dienone is 3. The summed E-state index contributed by atoms with van der Waals surface area (Å²) in [7, 11) is 0. The van der Waals surface area contributed by atoms with E-state index in [4.69, 9.17) is 0 Å². The molecule has 11 nitrogen and oxygen atoms in total. The number of hydrogen-bond donors (Lipinski definition) is 1. The molecular formula is C11H8N4O7. The van der Waals surface area contributed by atoms with Crippen LogP contribution in [-0.2, 0) is 4.79 Å². The third-order valence-electron chi connectivity index (χ3n) is 2.31. The Hall–Kier alpha value is -3.63. The number of carbonyl (C=O) groups excluding carboxylic acids is 1. The number of rotatable bonds is 7. The molecule has 22 heavy (non-hydrogen) atoms.